The first-order chi connectivity index (χ1) is 36.7. The molecule has 0 spiro atoms. The number of hydrogen-bond acceptors (Lipinski definition) is 10. The third-order valence-corrected chi connectivity index (χ3v) is 14.8. The number of aliphatic hydroxyl groups is 3. The van der Waals surface area contributed by atoms with Gasteiger partial charge in [0.25, 0.3) is 0 Å². The molecule has 75 heavy (non-hydrogen) atoms. The van der Waals surface area contributed by atoms with Crippen molar-refractivity contribution in [2.75, 3.05) is 13.2 Å². The van der Waals surface area contributed by atoms with Gasteiger partial charge in [0.05, 0.1) is 6.61 Å². The summed E-state index contributed by atoms with van der Waals surface area (Å²) in [6.07, 6.45) is 31.2. The van der Waals surface area contributed by atoms with Crippen LogP contribution >= 0.6 is 0 Å². The Balaban J connectivity index is 1.66. The summed E-state index contributed by atoms with van der Waals surface area (Å²) < 4.78 is 17.5. The van der Waals surface area contributed by atoms with Crippen molar-refractivity contribution in [2.24, 2.45) is 0 Å². The molecule has 426 valence electrons. The zero-order valence-corrected chi connectivity index (χ0v) is 46.8. The molecule has 1 fully saturated rings. The summed E-state index contributed by atoms with van der Waals surface area (Å²) in [5.41, 5.74) is 1.62. The van der Waals surface area contributed by atoms with Crippen LogP contribution < -0.4 is 10.6 Å². The number of rotatable bonds is 45. The summed E-state index contributed by atoms with van der Waals surface area (Å²) in [5.74, 6) is -1.00. The van der Waals surface area contributed by atoms with Gasteiger partial charge in [-0.05, 0) is 30.4 Å². The van der Waals surface area contributed by atoms with Gasteiger partial charge in [0, 0.05) is 19.4 Å². The molecule has 0 unspecified atom stereocenters. The maximum atomic E-state index is 14.4. The largest absolute Gasteiger partial charge is 0.476 e. The van der Waals surface area contributed by atoms with Crippen LogP contribution in [-0.2, 0) is 37.0 Å². The van der Waals surface area contributed by atoms with E-state index in [0.717, 1.165) is 49.7 Å². The summed E-state index contributed by atoms with van der Waals surface area (Å²) in [7, 11) is 0. The summed E-state index contributed by atoms with van der Waals surface area (Å²) in [6.45, 7) is 4.32. The molecule has 1 aliphatic rings. The first-order valence-corrected chi connectivity index (χ1v) is 30.1. The quantitative estimate of drug-likeness (QED) is 0.0213. The topological polar surface area (TPSA) is 191 Å². The van der Waals surface area contributed by atoms with E-state index in [1.807, 2.05) is 60.7 Å². The van der Waals surface area contributed by atoms with E-state index in [2.05, 4.69) is 24.5 Å². The Labute approximate surface area is 453 Å². The smallest absolute Gasteiger partial charge is 0.408 e. The lowest BCUT2D eigenvalue weighted by Gasteiger charge is -2.47. The number of ether oxygens (including phenoxy) is 3. The van der Waals surface area contributed by atoms with Gasteiger partial charge in [0.1, 0.15) is 43.6 Å². The van der Waals surface area contributed by atoms with E-state index in [1.165, 1.54) is 148 Å². The molecular weight excluding hydrogens is 945 g/mol. The van der Waals surface area contributed by atoms with Crippen LogP contribution in [0.25, 0.3) is 0 Å². The number of benzene rings is 2. The first-order valence-electron chi connectivity index (χ1n) is 30.1. The Morgan fingerprint density at radius 2 is 0.987 bits per heavy atom. The van der Waals surface area contributed by atoms with Crippen LogP contribution in [0.3, 0.4) is 0 Å². The predicted octanol–water partition coefficient (Wildman–Crippen LogP) is 13.5. The molecule has 3 rings (SSSR count). The van der Waals surface area contributed by atoms with Crippen LogP contribution in [0.1, 0.15) is 243 Å². The van der Waals surface area contributed by atoms with Crippen molar-refractivity contribution in [3.63, 3.8) is 0 Å². The van der Waals surface area contributed by atoms with E-state index in [0.29, 0.717) is 19.4 Å². The third kappa shape index (κ3) is 29.9. The molecule has 1 heterocycles. The van der Waals surface area contributed by atoms with Crippen molar-refractivity contribution < 1.29 is 43.9 Å². The highest BCUT2D eigenvalue weighted by Gasteiger charge is 2.48. The molecular formula is C62H104N4O9. The second kappa shape index (κ2) is 43.0. The number of nitrogens with one attached hydrogen (secondary N) is 3. The monoisotopic (exact) mass is 1050 g/mol. The average molecular weight is 1050 g/mol. The van der Waals surface area contributed by atoms with Crippen molar-refractivity contribution in [1.29, 1.82) is 5.41 Å². The first kappa shape index (κ1) is 65.2. The molecule has 0 aliphatic carbocycles. The summed E-state index contributed by atoms with van der Waals surface area (Å²) in [4.78, 5) is 43.7. The standard InChI is InChI=1S/C62H104N4O9/c1-3-5-7-9-11-13-15-17-19-21-23-25-27-29-31-39-47-66(56(68)44-38-30-28-26-24-22-20-18-16-14-12-10-8-6-4-2)61-57(59(70)58(69)54(48-67)75-61)65-60(71)53(64-62(72)74-50-52-42-36-33-37-43-52)45-46-55(63)73-49-51-40-34-32-35-41-51/h32-37,40-43,53-54,57-59,61,63,67,69-70H,3-31,38-39,44-50H2,1-2H3,(H,64,72)(H,65,71)/t53-,54+,57+,58+,59+,61+/m0/s1. The van der Waals surface area contributed by atoms with E-state index in [4.69, 9.17) is 19.6 Å². The van der Waals surface area contributed by atoms with Gasteiger partial charge in [-0.15, -0.1) is 0 Å². The van der Waals surface area contributed by atoms with Gasteiger partial charge >= 0.3 is 6.09 Å². The summed E-state index contributed by atoms with van der Waals surface area (Å²) >= 11 is 0. The molecule has 1 aliphatic heterocycles. The fourth-order valence-electron chi connectivity index (χ4n) is 10.1. The lowest BCUT2D eigenvalue weighted by molar-refractivity contribution is -0.231. The normalized spacial score (nSPS) is 17.8. The number of aliphatic hydroxyl groups excluding tert-OH is 3. The lowest BCUT2D eigenvalue weighted by Crippen LogP contribution is -2.70. The number of unbranched alkanes of at least 4 members (excludes halogenated alkanes) is 29. The highest BCUT2D eigenvalue weighted by atomic mass is 16.6. The highest BCUT2D eigenvalue weighted by Crippen LogP contribution is 2.27. The van der Waals surface area contributed by atoms with Crippen LogP contribution in [-0.4, -0.2) is 93.8 Å². The Hall–Kier alpha value is -4.04. The van der Waals surface area contributed by atoms with Gasteiger partial charge < -0.3 is 45.1 Å². The Morgan fingerprint density at radius 1 is 0.573 bits per heavy atom. The second-order valence-corrected chi connectivity index (χ2v) is 21.3. The van der Waals surface area contributed by atoms with Crippen molar-refractivity contribution in [3.05, 3.63) is 71.8 Å². The molecule has 3 amide bonds. The summed E-state index contributed by atoms with van der Waals surface area (Å²) in [5, 5.41) is 47.3. The van der Waals surface area contributed by atoms with Gasteiger partial charge in [0.15, 0.2) is 12.1 Å². The number of carbonyl (C=O) groups excluding carboxylic acids is 3. The van der Waals surface area contributed by atoms with Crippen LogP contribution in [0.4, 0.5) is 4.79 Å². The molecule has 13 heteroatoms. The SMILES string of the molecule is CCCCCCCCCCCCCCCCCCN(C(=O)CCCCCCCCCCCCCCCCC)[C@@H]1O[C@H](CO)[C@@H](O)[C@H](O)[C@H]1NC(=O)[C@H](CCC(=N)OCc1ccccc1)NC(=O)OCc1ccccc1. The zero-order valence-electron chi connectivity index (χ0n) is 46.8. The van der Waals surface area contributed by atoms with E-state index in [1.54, 1.807) is 4.90 Å². The van der Waals surface area contributed by atoms with Gasteiger partial charge in [0.2, 0.25) is 11.8 Å². The zero-order chi connectivity index (χ0) is 54.0. The molecule has 13 nitrogen and oxygen atoms in total. The van der Waals surface area contributed by atoms with Crippen LogP contribution in [0, 0.1) is 5.41 Å². The van der Waals surface area contributed by atoms with Crippen molar-refractivity contribution in [2.45, 2.75) is 282 Å². The van der Waals surface area contributed by atoms with Crippen LogP contribution in [0.5, 0.6) is 0 Å². The summed E-state index contributed by atoms with van der Waals surface area (Å²) in [6, 6.07) is 15.9. The number of alkyl carbamates (subject to hydrolysis) is 1. The van der Waals surface area contributed by atoms with Gasteiger partial charge in [-0.25, -0.2) is 4.79 Å². The second-order valence-electron chi connectivity index (χ2n) is 21.3. The molecule has 0 saturated carbocycles. The van der Waals surface area contributed by atoms with Crippen LogP contribution in [0.2, 0.25) is 0 Å². The van der Waals surface area contributed by atoms with E-state index in [-0.39, 0.29) is 44.3 Å². The highest BCUT2D eigenvalue weighted by molar-refractivity contribution is 5.87. The van der Waals surface area contributed by atoms with Gasteiger partial charge in [-0.2, -0.15) is 0 Å². The van der Waals surface area contributed by atoms with E-state index in [9.17, 15) is 29.7 Å². The molecule has 6 atom stereocenters. The predicted molar refractivity (Wildman–Crippen MR) is 302 cm³/mol. The minimum Gasteiger partial charge on any atom is -0.476 e. The fourth-order valence-corrected chi connectivity index (χ4v) is 10.1. The lowest BCUT2D eigenvalue weighted by atomic mass is 9.94. The Bertz CT molecular complexity index is 1740. The number of amides is 3. The maximum Gasteiger partial charge on any atom is 0.408 e. The Kier molecular flexibility index (Phi) is 37.4. The van der Waals surface area contributed by atoms with Gasteiger partial charge in [-0.3, -0.25) is 15.0 Å². The number of hydrogen-bond donors (Lipinski definition) is 6. The maximum absolute atomic E-state index is 14.4. The molecule has 0 radical (unpaired) electrons. The molecule has 0 aromatic heterocycles. The molecule has 6 N–H and O–H groups in total. The Morgan fingerprint density at radius 3 is 1.43 bits per heavy atom. The molecule has 2 aromatic carbocycles. The molecule has 2 aromatic rings. The molecule has 0 bridgehead atoms. The minimum absolute atomic E-state index is 0.0185. The molecule has 1 saturated heterocycles. The van der Waals surface area contributed by atoms with Crippen molar-refractivity contribution >= 4 is 23.8 Å². The van der Waals surface area contributed by atoms with Gasteiger partial charge in [-0.1, -0.05) is 261 Å². The van der Waals surface area contributed by atoms with E-state index >= 15 is 0 Å². The van der Waals surface area contributed by atoms with Crippen molar-refractivity contribution in [1.82, 2.24) is 15.5 Å². The van der Waals surface area contributed by atoms with Crippen molar-refractivity contribution in [3.8, 4) is 0 Å². The van der Waals surface area contributed by atoms with E-state index < -0.39 is 55.2 Å². The fraction of sp³-hybridized carbons (Fsp3) is 0.742. The van der Waals surface area contributed by atoms with Crippen LogP contribution in [0.15, 0.2) is 60.7 Å². The average Bonchev–Trinajstić information content (AvgIpc) is 3.42. The number of carbonyl (C=O) groups is 3. The number of nitrogens with zero attached hydrogens (tertiary/aromatic N) is 1. The minimum atomic E-state index is -1.63. The third-order valence-electron chi connectivity index (χ3n) is 14.8.